The van der Waals surface area contributed by atoms with E-state index in [0.717, 1.165) is 22.4 Å². The van der Waals surface area contributed by atoms with Gasteiger partial charge < -0.3 is 15.0 Å². The Balaban J connectivity index is 1.77. The second-order valence-corrected chi connectivity index (χ2v) is 7.36. The summed E-state index contributed by atoms with van der Waals surface area (Å²) in [5.74, 6) is 0.242. The van der Waals surface area contributed by atoms with Crippen LogP contribution >= 0.6 is 23.4 Å². The van der Waals surface area contributed by atoms with E-state index in [4.69, 9.17) is 11.6 Å². The first-order valence-electron chi connectivity index (χ1n) is 7.37. The maximum atomic E-state index is 12.4. The summed E-state index contributed by atoms with van der Waals surface area (Å²) >= 11 is 7.73. The molecule has 0 spiro atoms. The summed E-state index contributed by atoms with van der Waals surface area (Å²) in [6.07, 6.45) is 2.72. The van der Waals surface area contributed by atoms with Crippen molar-refractivity contribution in [1.82, 2.24) is 9.88 Å². The lowest BCUT2D eigenvalue weighted by Gasteiger charge is -2.33. The number of carbonyl (C=O) groups is 2. The van der Waals surface area contributed by atoms with Gasteiger partial charge in [-0.2, -0.15) is 11.8 Å². The molecule has 0 radical (unpaired) electrons. The summed E-state index contributed by atoms with van der Waals surface area (Å²) in [6, 6.07) is 7.40. The monoisotopic (exact) mass is 352 g/mol. The molecule has 0 bridgehead atoms. The van der Waals surface area contributed by atoms with Crippen LogP contribution in [0.5, 0.6) is 0 Å². The second kappa shape index (κ2) is 6.45. The van der Waals surface area contributed by atoms with Gasteiger partial charge in [0.15, 0.2) is 0 Å². The van der Waals surface area contributed by atoms with Gasteiger partial charge in [-0.15, -0.1) is 0 Å². The SMILES string of the molecule is O=C(Cn1ccc2ccc(Cl)cc21)NC1(C(=O)O)CCSCC1. The van der Waals surface area contributed by atoms with Crippen molar-refractivity contribution >= 4 is 46.1 Å². The fourth-order valence-corrected chi connectivity index (χ4v) is 4.22. The van der Waals surface area contributed by atoms with Gasteiger partial charge in [0.05, 0.1) is 0 Å². The Morgan fingerprint density at radius 2 is 2.04 bits per heavy atom. The van der Waals surface area contributed by atoms with E-state index >= 15 is 0 Å². The van der Waals surface area contributed by atoms with Crippen molar-refractivity contribution in [1.29, 1.82) is 0 Å². The molecule has 7 heteroatoms. The Morgan fingerprint density at radius 1 is 1.30 bits per heavy atom. The molecule has 0 unspecified atom stereocenters. The average Bonchev–Trinajstić information content (AvgIpc) is 2.90. The van der Waals surface area contributed by atoms with Gasteiger partial charge >= 0.3 is 5.97 Å². The number of nitrogens with zero attached hydrogens (tertiary/aromatic N) is 1. The third-order valence-corrected chi connectivity index (χ3v) is 5.41. The Bertz CT molecular complexity index is 753. The van der Waals surface area contributed by atoms with E-state index in [9.17, 15) is 14.7 Å². The number of carboxylic acids is 1. The van der Waals surface area contributed by atoms with Crippen LogP contribution in [-0.2, 0) is 16.1 Å². The minimum Gasteiger partial charge on any atom is -0.480 e. The molecule has 2 heterocycles. The number of aliphatic carboxylic acids is 1. The molecule has 0 atom stereocenters. The lowest BCUT2D eigenvalue weighted by molar-refractivity contribution is -0.148. The van der Waals surface area contributed by atoms with E-state index in [2.05, 4.69) is 5.32 Å². The van der Waals surface area contributed by atoms with Crippen LogP contribution in [0.4, 0.5) is 0 Å². The molecule has 1 aliphatic rings. The highest BCUT2D eigenvalue weighted by Gasteiger charge is 2.41. The van der Waals surface area contributed by atoms with Crippen LogP contribution in [-0.4, -0.2) is 38.6 Å². The zero-order valence-corrected chi connectivity index (χ0v) is 14.0. The standard InChI is InChI=1S/C16H17ClN2O3S/c17-12-2-1-11-3-6-19(13(11)9-12)10-14(20)18-16(15(21)22)4-7-23-8-5-16/h1-3,6,9H,4-5,7-8,10H2,(H,18,20)(H,21,22). The number of hydrogen-bond acceptors (Lipinski definition) is 3. The van der Waals surface area contributed by atoms with Gasteiger partial charge in [0, 0.05) is 16.7 Å². The largest absolute Gasteiger partial charge is 0.480 e. The van der Waals surface area contributed by atoms with Crippen LogP contribution < -0.4 is 5.32 Å². The van der Waals surface area contributed by atoms with Gasteiger partial charge in [-0.05, 0) is 47.9 Å². The van der Waals surface area contributed by atoms with Crippen molar-refractivity contribution in [3.05, 3.63) is 35.5 Å². The van der Waals surface area contributed by atoms with Gasteiger partial charge in [0.2, 0.25) is 5.91 Å². The molecule has 3 rings (SSSR count). The molecule has 1 fully saturated rings. The molecule has 1 saturated heterocycles. The minimum atomic E-state index is -1.14. The predicted molar refractivity (Wildman–Crippen MR) is 92.0 cm³/mol. The highest BCUT2D eigenvalue weighted by atomic mass is 35.5. The molecule has 2 N–H and O–H groups in total. The first kappa shape index (κ1) is 16.2. The lowest BCUT2D eigenvalue weighted by atomic mass is 9.92. The highest BCUT2D eigenvalue weighted by Crippen LogP contribution is 2.27. The molecule has 1 aromatic heterocycles. The van der Waals surface area contributed by atoms with Gasteiger partial charge in [0.25, 0.3) is 0 Å². The van der Waals surface area contributed by atoms with Crippen molar-refractivity contribution in [3.8, 4) is 0 Å². The fourth-order valence-electron chi connectivity index (χ4n) is 2.87. The van der Waals surface area contributed by atoms with E-state index in [1.165, 1.54) is 0 Å². The summed E-state index contributed by atoms with van der Waals surface area (Å²) in [5.41, 5.74) is -0.278. The first-order chi connectivity index (χ1) is 11.0. The number of carbonyl (C=O) groups excluding carboxylic acids is 1. The molecule has 2 aromatic rings. The molecular formula is C16H17ClN2O3S. The smallest absolute Gasteiger partial charge is 0.329 e. The van der Waals surface area contributed by atoms with Gasteiger partial charge in [0.1, 0.15) is 12.1 Å². The van der Waals surface area contributed by atoms with Crippen LogP contribution in [0.15, 0.2) is 30.5 Å². The van der Waals surface area contributed by atoms with Crippen molar-refractivity contribution in [2.24, 2.45) is 0 Å². The van der Waals surface area contributed by atoms with Crippen LogP contribution in [0, 0.1) is 0 Å². The molecule has 122 valence electrons. The van der Waals surface area contributed by atoms with E-state index in [1.807, 2.05) is 18.3 Å². The Hall–Kier alpha value is -1.66. The van der Waals surface area contributed by atoms with Crippen LogP contribution in [0.1, 0.15) is 12.8 Å². The van der Waals surface area contributed by atoms with E-state index in [1.54, 1.807) is 28.5 Å². The number of halogens is 1. The highest BCUT2D eigenvalue weighted by molar-refractivity contribution is 7.99. The summed E-state index contributed by atoms with van der Waals surface area (Å²) < 4.78 is 1.78. The number of fused-ring (bicyclic) bond motifs is 1. The summed E-state index contributed by atoms with van der Waals surface area (Å²) in [5, 5.41) is 13.9. The number of amides is 1. The van der Waals surface area contributed by atoms with Crippen LogP contribution in [0.3, 0.4) is 0 Å². The molecule has 1 aromatic carbocycles. The van der Waals surface area contributed by atoms with Crippen LogP contribution in [0.2, 0.25) is 5.02 Å². The maximum absolute atomic E-state index is 12.4. The third kappa shape index (κ3) is 3.33. The molecule has 5 nitrogen and oxygen atoms in total. The number of carboxylic acid groups (broad SMARTS) is 1. The second-order valence-electron chi connectivity index (χ2n) is 5.69. The van der Waals surface area contributed by atoms with Gasteiger partial charge in [-0.3, -0.25) is 4.79 Å². The average molecular weight is 353 g/mol. The number of hydrogen-bond donors (Lipinski definition) is 2. The van der Waals surface area contributed by atoms with E-state index < -0.39 is 11.5 Å². The normalized spacial score (nSPS) is 17.1. The zero-order valence-electron chi connectivity index (χ0n) is 12.4. The van der Waals surface area contributed by atoms with Crippen LogP contribution in [0.25, 0.3) is 10.9 Å². The fraction of sp³-hybridized carbons (Fsp3) is 0.375. The quantitative estimate of drug-likeness (QED) is 0.887. The van der Waals surface area contributed by atoms with Crippen molar-refractivity contribution in [3.63, 3.8) is 0 Å². The molecule has 0 saturated carbocycles. The minimum absolute atomic E-state index is 0.0754. The van der Waals surface area contributed by atoms with Crippen molar-refractivity contribution < 1.29 is 14.7 Å². The number of nitrogens with one attached hydrogen (secondary N) is 1. The zero-order chi connectivity index (χ0) is 16.4. The molecule has 0 aliphatic carbocycles. The van der Waals surface area contributed by atoms with E-state index in [-0.39, 0.29) is 12.5 Å². The van der Waals surface area contributed by atoms with Gasteiger partial charge in [-0.25, -0.2) is 4.79 Å². The molecule has 23 heavy (non-hydrogen) atoms. The predicted octanol–water partition coefficient (Wildman–Crippen LogP) is 2.76. The number of thioether (sulfide) groups is 1. The number of benzene rings is 1. The van der Waals surface area contributed by atoms with Crippen molar-refractivity contribution in [2.75, 3.05) is 11.5 Å². The number of aromatic nitrogens is 1. The Kier molecular flexibility index (Phi) is 4.55. The lowest BCUT2D eigenvalue weighted by Crippen LogP contribution is -2.57. The maximum Gasteiger partial charge on any atom is 0.329 e. The van der Waals surface area contributed by atoms with Gasteiger partial charge in [-0.1, -0.05) is 17.7 Å². The number of rotatable bonds is 4. The molecular weight excluding hydrogens is 336 g/mol. The summed E-state index contributed by atoms with van der Waals surface area (Å²) in [6.45, 7) is 0.0754. The molecule has 1 amide bonds. The first-order valence-corrected chi connectivity index (χ1v) is 8.90. The summed E-state index contributed by atoms with van der Waals surface area (Å²) in [7, 11) is 0. The Morgan fingerprint density at radius 3 is 2.74 bits per heavy atom. The van der Waals surface area contributed by atoms with E-state index in [0.29, 0.717) is 17.9 Å². The van der Waals surface area contributed by atoms with Crippen molar-refractivity contribution in [2.45, 2.75) is 24.9 Å². The topological polar surface area (TPSA) is 71.3 Å². The Labute approximate surface area is 143 Å². The molecule has 1 aliphatic heterocycles. The third-order valence-electron chi connectivity index (χ3n) is 4.18. The summed E-state index contributed by atoms with van der Waals surface area (Å²) in [4.78, 5) is 24.0.